The molecule has 0 aliphatic carbocycles. The second-order valence-electron chi connectivity index (χ2n) is 11.1. The molecule has 3 rings (SSSR count). The van der Waals surface area contributed by atoms with E-state index < -0.39 is 41.4 Å². The molecular formula is C29H43N5O8. The Kier molecular flexibility index (Phi) is 11.5. The van der Waals surface area contributed by atoms with Gasteiger partial charge in [-0.15, -0.1) is 0 Å². The fraction of sp³-hybridized carbons (Fsp3) is 0.586. The molecule has 8 N–H and O–H groups in total. The van der Waals surface area contributed by atoms with Crippen molar-refractivity contribution in [1.82, 2.24) is 20.5 Å². The van der Waals surface area contributed by atoms with Gasteiger partial charge in [-0.25, -0.2) is 4.79 Å². The van der Waals surface area contributed by atoms with Crippen LogP contribution in [0.5, 0.6) is 5.75 Å². The maximum atomic E-state index is 12.8. The molecule has 13 heteroatoms. The normalized spacial score (nSPS) is 19.5. The third kappa shape index (κ3) is 7.65. The number of hydrogen-bond acceptors (Lipinski definition) is 9. The summed E-state index contributed by atoms with van der Waals surface area (Å²) in [5.41, 5.74) is 4.80. The average Bonchev–Trinajstić information content (AvgIpc) is 3.57. The first-order chi connectivity index (χ1) is 19.9. The van der Waals surface area contributed by atoms with Crippen LogP contribution in [-0.2, 0) is 14.4 Å². The molecule has 4 atom stereocenters. The summed E-state index contributed by atoms with van der Waals surface area (Å²) >= 11 is 0. The van der Waals surface area contributed by atoms with Gasteiger partial charge in [-0.2, -0.15) is 0 Å². The van der Waals surface area contributed by atoms with Crippen LogP contribution in [0.1, 0.15) is 63.4 Å². The number of aliphatic hydroxyl groups excluding tert-OH is 1. The highest BCUT2D eigenvalue weighted by Gasteiger charge is 2.57. The maximum Gasteiger partial charge on any atom is 0.332 e. The van der Waals surface area contributed by atoms with Gasteiger partial charge in [0.2, 0.25) is 0 Å². The van der Waals surface area contributed by atoms with Gasteiger partial charge in [0.1, 0.15) is 30.2 Å². The van der Waals surface area contributed by atoms with Crippen molar-refractivity contribution in [2.24, 2.45) is 5.73 Å². The van der Waals surface area contributed by atoms with E-state index in [4.69, 9.17) is 10.5 Å². The number of nitrogens with zero attached hydrogens (tertiary/aromatic N) is 1. The smallest absolute Gasteiger partial charge is 0.332 e. The molecule has 1 aliphatic rings. The number of aliphatic carboxylic acids is 2. The summed E-state index contributed by atoms with van der Waals surface area (Å²) in [5, 5.41) is 36.6. The van der Waals surface area contributed by atoms with Crippen molar-refractivity contribution in [2.45, 2.75) is 82.6 Å². The molecule has 0 radical (unpaired) electrons. The van der Waals surface area contributed by atoms with E-state index in [1.165, 1.54) is 11.8 Å². The minimum absolute atomic E-state index is 0.00965. The number of nitrogens with one attached hydrogen (secondary N) is 3. The van der Waals surface area contributed by atoms with Gasteiger partial charge in [0.05, 0.1) is 6.04 Å². The quantitative estimate of drug-likeness (QED) is 0.103. The van der Waals surface area contributed by atoms with Crippen molar-refractivity contribution in [1.29, 1.82) is 0 Å². The van der Waals surface area contributed by atoms with Crippen LogP contribution in [0.2, 0.25) is 0 Å². The largest absolute Gasteiger partial charge is 0.490 e. The Balaban J connectivity index is 1.55. The number of aliphatic hydroxyl groups is 1. The molecule has 232 valence electrons. The lowest BCUT2D eigenvalue weighted by Gasteiger charge is -2.38. The molecule has 0 saturated carbocycles. The van der Waals surface area contributed by atoms with Crippen molar-refractivity contribution >= 4 is 34.5 Å². The van der Waals surface area contributed by atoms with Gasteiger partial charge in [0.25, 0.3) is 5.91 Å². The van der Waals surface area contributed by atoms with Gasteiger partial charge in [-0.05, 0) is 57.2 Å². The number of carbonyl (C=O) groups is 4. The van der Waals surface area contributed by atoms with Gasteiger partial charge >= 0.3 is 11.9 Å². The topological polar surface area (TPSA) is 207 Å². The molecule has 42 heavy (non-hydrogen) atoms. The number of likely N-dealkylation sites (tertiary alicyclic amines) is 1. The van der Waals surface area contributed by atoms with Crippen LogP contribution >= 0.6 is 0 Å². The summed E-state index contributed by atoms with van der Waals surface area (Å²) in [7, 11) is 0. The van der Waals surface area contributed by atoms with Gasteiger partial charge in [0, 0.05) is 36.6 Å². The molecule has 1 amide bonds. The van der Waals surface area contributed by atoms with E-state index in [2.05, 4.69) is 15.6 Å². The van der Waals surface area contributed by atoms with E-state index >= 15 is 0 Å². The summed E-state index contributed by atoms with van der Waals surface area (Å²) < 4.78 is 5.80. The second-order valence-corrected chi connectivity index (χ2v) is 11.1. The molecule has 13 nitrogen and oxygen atoms in total. The van der Waals surface area contributed by atoms with Crippen LogP contribution in [0.4, 0.5) is 0 Å². The van der Waals surface area contributed by atoms with E-state index in [9.17, 15) is 34.5 Å². The number of H-pyrrole nitrogens is 1. The second kappa shape index (κ2) is 14.6. The predicted molar refractivity (Wildman–Crippen MR) is 156 cm³/mol. The van der Waals surface area contributed by atoms with Crippen LogP contribution < -0.4 is 21.1 Å². The number of carboxylic acids is 2. The molecule has 3 unspecified atom stereocenters. The molecule has 2 aromatic rings. The first-order valence-electron chi connectivity index (χ1n) is 14.4. The fourth-order valence-corrected chi connectivity index (χ4v) is 5.40. The number of amides is 1. The number of carbonyl (C=O) groups excluding carboxylic acids is 2. The predicted octanol–water partition coefficient (Wildman–Crippen LogP) is 1.09. The summed E-state index contributed by atoms with van der Waals surface area (Å²) in [6, 6.07) is 5.06. The number of Topliss-reactive ketones (excluding diaryl/α,β-unsaturated/α-hetero) is 1. The number of carboxylic acid groups (broad SMARTS) is 2. The maximum absolute atomic E-state index is 12.8. The van der Waals surface area contributed by atoms with Gasteiger partial charge in [-0.1, -0.05) is 19.9 Å². The summed E-state index contributed by atoms with van der Waals surface area (Å²) in [4.78, 5) is 54.3. The van der Waals surface area contributed by atoms with Crippen molar-refractivity contribution in [2.75, 3.05) is 26.2 Å². The lowest BCUT2D eigenvalue weighted by atomic mass is 9.86. The SMILES string of the molecule is CC(C)NCC(O)COc1cccc2[nH]c(C(=O)NCCCC[C@@H](C(=O)O)N3CCCC3(C(=O)O)C(=O)C(C)N)cc12. The Morgan fingerprint density at radius 2 is 1.90 bits per heavy atom. The molecule has 0 bridgehead atoms. The Labute approximate surface area is 244 Å². The van der Waals surface area contributed by atoms with Gasteiger partial charge in [-0.3, -0.25) is 19.3 Å². The Morgan fingerprint density at radius 3 is 2.55 bits per heavy atom. The van der Waals surface area contributed by atoms with E-state index in [0.29, 0.717) is 48.2 Å². The monoisotopic (exact) mass is 589 g/mol. The average molecular weight is 590 g/mol. The van der Waals surface area contributed by atoms with Crippen LogP contribution in [0.3, 0.4) is 0 Å². The van der Waals surface area contributed by atoms with E-state index in [1.54, 1.807) is 18.2 Å². The number of fused-ring (bicyclic) bond motifs is 1. The van der Waals surface area contributed by atoms with Crippen molar-refractivity contribution in [3.05, 3.63) is 30.0 Å². The van der Waals surface area contributed by atoms with E-state index in [-0.39, 0.29) is 44.5 Å². The summed E-state index contributed by atoms with van der Waals surface area (Å²) in [6.45, 7) is 6.29. The molecule has 1 fully saturated rings. The van der Waals surface area contributed by atoms with Crippen molar-refractivity contribution in [3.63, 3.8) is 0 Å². The number of benzene rings is 1. The Morgan fingerprint density at radius 1 is 1.17 bits per heavy atom. The zero-order chi connectivity index (χ0) is 31.0. The highest BCUT2D eigenvalue weighted by Crippen LogP contribution is 2.35. The third-order valence-corrected chi connectivity index (χ3v) is 7.52. The minimum atomic E-state index is -1.95. The minimum Gasteiger partial charge on any atom is -0.490 e. The van der Waals surface area contributed by atoms with E-state index in [1.807, 2.05) is 19.9 Å². The van der Waals surface area contributed by atoms with Crippen LogP contribution in [0.15, 0.2) is 24.3 Å². The molecular weight excluding hydrogens is 546 g/mol. The summed E-state index contributed by atoms with van der Waals surface area (Å²) in [6.07, 6.45) is 0.627. The number of rotatable bonds is 17. The Hall–Kier alpha value is -3.52. The zero-order valence-corrected chi connectivity index (χ0v) is 24.4. The first-order valence-corrected chi connectivity index (χ1v) is 14.4. The van der Waals surface area contributed by atoms with Crippen LogP contribution in [-0.4, -0.2) is 105 Å². The fourth-order valence-electron chi connectivity index (χ4n) is 5.40. The Bertz CT molecular complexity index is 1260. The van der Waals surface area contributed by atoms with Gasteiger partial charge in [0.15, 0.2) is 11.3 Å². The molecule has 1 aliphatic heterocycles. The number of unbranched alkanes of at least 4 members (excludes halogenated alkanes) is 1. The lowest BCUT2D eigenvalue weighted by Crippen LogP contribution is -2.64. The summed E-state index contributed by atoms with van der Waals surface area (Å²) in [5.74, 6) is -3.10. The number of aromatic nitrogens is 1. The number of aromatic amines is 1. The number of hydrogen-bond donors (Lipinski definition) is 7. The van der Waals surface area contributed by atoms with Crippen LogP contribution in [0, 0.1) is 0 Å². The first kappa shape index (κ1) is 33.0. The van der Waals surface area contributed by atoms with Gasteiger partial charge < -0.3 is 41.4 Å². The van der Waals surface area contributed by atoms with Crippen molar-refractivity contribution < 1.29 is 39.2 Å². The molecule has 1 aromatic carbocycles. The molecule has 1 aromatic heterocycles. The zero-order valence-electron chi connectivity index (χ0n) is 24.4. The number of ketones is 1. The highest BCUT2D eigenvalue weighted by atomic mass is 16.5. The molecule has 0 spiro atoms. The lowest BCUT2D eigenvalue weighted by molar-refractivity contribution is -0.161. The van der Waals surface area contributed by atoms with Crippen LogP contribution in [0.25, 0.3) is 10.9 Å². The number of ether oxygens (including phenoxy) is 1. The number of nitrogens with two attached hydrogens (primary N) is 1. The van der Waals surface area contributed by atoms with Crippen molar-refractivity contribution in [3.8, 4) is 5.75 Å². The molecule has 2 heterocycles. The van der Waals surface area contributed by atoms with E-state index in [0.717, 1.165) is 0 Å². The third-order valence-electron chi connectivity index (χ3n) is 7.52. The standard InChI is InChI=1S/C29H43N5O8/c1-17(2)32-15-19(35)16-42-24-10-6-8-21-20(24)14-22(33-21)26(37)31-12-5-4-9-23(27(38)39)34-13-7-11-29(34,28(40)41)25(36)18(3)30/h6,8,10,14,17-19,23,32-33,35H,4-5,7,9,11-13,15-16,30H2,1-3H3,(H,31,37)(H,38,39)(H,40,41)/t18?,19?,23-,29?/m0/s1. The molecule has 1 saturated heterocycles. The highest BCUT2D eigenvalue weighted by molar-refractivity contribution is 6.10.